The van der Waals surface area contributed by atoms with Crippen LogP contribution in [0.4, 0.5) is 0 Å². The van der Waals surface area contributed by atoms with Crippen LogP contribution in [0.15, 0.2) is 24.3 Å². The van der Waals surface area contributed by atoms with E-state index < -0.39 is 0 Å². The number of carbonyl (C=O) groups is 1. The van der Waals surface area contributed by atoms with Crippen LogP contribution in [0.2, 0.25) is 0 Å². The highest BCUT2D eigenvalue weighted by molar-refractivity contribution is 5.85. The first-order valence-corrected chi connectivity index (χ1v) is 7.57. The summed E-state index contributed by atoms with van der Waals surface area (Å²) in [7, 11) is 1.76. The van der Waals surface area contributed by atoms with Gasteiger partial charge in [0.05, 0.1) is 12.6 Å². The van der Waals surface area contributed by atoms with E-state index in [1.165, 1.54) is 5.56 Å². The lowest BCUT2D eigenvalue weighted by atomic mass is 10.1. The van der Waals surface area contributed by atoms with Gasteiger partial charge >= 0.3 is 0 Å². The highest BCUT2D eigenvalue weighted by Crippen LogP contribution is 2.14. The SMILES string of the molecule is CNCC(=O)NCc1ccc(CN2CCC(O)CC2)cc1.Cl. The minimum absolute atomic E-state index is 0. The van der Waals surface area contributed by atoms with E-state index in [0.717, 1.165) is 38.0 Å². The molecule has 3 N–H and O–H groups in total. The average molecular weight is 328 g/mol. The van der Waals surface area contributed by atoms with Gasteiger partial charge in [-0.2, -0.15) is 0 Å². The van der Waals surface area contributed by atoms with Crippen molar-refractivity contribution in [2.75, 3.05) is 26.7 Å². The number of likely N-dealkylation sites (tertiary alicyclic amines) is 1. The van der Waals surface area contributed by atoms with Crippen LogP contribution >= 0.6 is 12.4 Å². The molecule has 1 amide bonds. The van der Waals surface area contributed by atoms with Gasteiger partial charge in [0.25, 0.3) is 0 Å². The zero-order valence-electron chi connectivity index (χ0n) is 13.0. The number of aliphatic hydroxyl groups is 1. The lowest BCUT2D eigenvalue weighted by molar-refractivity contribution is -0.120. The largest absolute Gasteiger partial charge is 0.393 e. The van der Waals surface area contributed by atoms with Gasteiger partial charge in [-0.15, -0.1) is 12.4 Å². The molecule has 0 bridgehead atoms. The molecule has 6 heteroatoms. The van der Waals surface area contributed by atoms with Crippen molar-refractivity contribution in [1.82, 2.24) is 15.5 Å². The minimum atomic E-state index is -0.121. The Kier molecular flexibility index (Phi) is 8.42. The number of likely N-dealkylation sites (N-methyl/N-ethyl adjacent to an activating group) is 1. The monoisotopic (exact) mass is 327 g/mol. The van der Waals surface area contributed by atoms with E-state index in [2.05, 4.69) is 39.8 Å². The molecular formula is C16H26ClN3O2. The molecule has 0 atom stereocenters. The van der Waals surface area contributed by atoms with E-state index in [9.17, 15) is 9.90 Å². The molecule has 5 nitrogen and oxygen atoms in total. The minimum Gasteiger partial charge on any atom is -0.393 e. The Labute approximate surface area is 138 Å². The van der Waals surface area contributed by atoms with E-state index in [1.54, 1.807) is 7.05 Å². The van der Waals surface area contributed by atoms with Gasteiger partial charge < -0.3 is 15.7 Å². The molecule has 1 aromatic rings. The summed E-state index contributed by atoms with van der Waals surface area (Å²) >= 11 is 0. The van der Waals surface area contributed by atoms with Gasteiger partial charge in [-0.05, 0) is 31.0 Å². The number of halogens is 1. The van der Waals surface area contributed by atoms with E-state index in [1.807, 2.05) is 0 Å². The van der Waals surface area contributed by atoms with E-state index in [4.69, 9.17) is 0 Å². The van der Waals surface area contributed by atoms with Crippen LogP contribution in [0, 0.1) is 0 Å². The second kappa shape index (κ2) is 9.79. The van der Waals surface area contributed by atoms with Crippen molar-refractivity contribution >= 4 is 18.3 Å². The van der Waals surface area contributed by atoms with Crippen molar-refractivity contribution in [1.29, 1.82) is 0 Å². The normalized spacial score (nSPS) is 16.1. The number of rotatable bonds is 6. The summed E-state index contributed by atoms with van der Waals surface area (Å²) < 4.78 is 0. The van der Waals surface area contributed by atoms with E-state index in [0.29, 0.717) is 13.1 Å². The summed E-state index contributed by atoms with van der Waals surface area (Å²) in [5, 5.41) is 15.2. The Balaban J connectivity index is 0.00000242. The Morgan fingerprint density at radius 3 is 2.41 bits per heavy atom. The lowest BCUT2D eigenvalue weighted by Crippen LogP contribution is -2.35. The Morgan fingerprint density at radius 1 is 1.23 bits per heavy atom. The summed E-state index contributed by atoms with van der Waals surface area (Å²) in [6.07, 6.45) is 1.62. The number of piperidine rings is 1. The van der Waals surface area contributed by atoms with Crippen LogP contribution in [0.3, 0.4) is 0 Å². The van der Waals surface area contributed by atoms with Crippen LogP contribution in [-0.4, -0.2) is 48.7 Å². The molecule has 1 fully saturated rings. The fraction of sp³-hybridized carbons (Fsp3) is 0.562. The predicted octanol–water partition coefficient (Wildman–Crippen LogP) is 0.901. The molecule has 1 aliphatic heterocycles. The molecule has 1 heterocycles. The quantitative estimate of drug-likeness (QED) is 0.726. The van der Waals surface area contributed by atoms with Crippen LogP contribution in [0.25, 0.3) is 0 Å². The predicted molar refractivity (Wildman–Crippen MR) is 90.0 cm³/mol. The Hall–Kier alpha value is -1.14. The number of hydrogen-bond acceptors (Lipinski definition) is 4. The molecule has 1 aromatic carbocycles. The lowest BCUT2D eigenvalue weighted by Gasteiger charge is -2.29. The van der Waals surface area contributed by atoms with Crippen molar-refractivity contribution < 1.29 is 9.90 Å². The van der Waals surface area contributed by atoms with Crippen LogP contribution in [0.1, 0.15) is 24.0 Å². The van der Waals surface area contributed by atoms with Gasteiger partial charge in [0.2, 0.25) is 5.91 Å². The summed E-state index contributed by atoms with van der Waals surface area (Å²) in [5.41, 5.74) is 2.38. The van der Waals surface area contributed by atoms with E-state index in [-0.39, 0.29) is 24.4 Å². The van der Waals surface area contributed by atoms with Gasteiger partial charge in [-0.25, -0.2) is 0 Å². The van der Waals surface area contributed by atoms with Gasteiger partial charge in [0, 0.05) is 26.2 Å². The molecule has 0 saturated carbocycles. The molecule has 2 rings (SSSR count). The first-order chi connectivity index (χ1) is 10.2. The maximum absolute atomic E-state index is 11.4. The molecule has 22 heavy (non-hydrogen) atoms. The molecule has 0 aliphatic carbocycles. The van der Waals surface area contributed by atoms with Crippen molar-refractivity contribution in [2.24, 2.45) is 0 Å². The zero-order valence-corrected chi connectivity index (χ0v) is 13.9. The van der Waals surface area contributed by atoms with Crippen LogP contribution in [0.5, 0.6) is 0 Å². The number of amides is 1. The van der Waals surface area contributed by atoms with Crippen molar-refractivity contribution in [3.63, 3.8) is 0 Å². The van der Waals surface area contributed by atoms with Crippen molar-refractivity contribution in [3.8, 4) is 0 Å². The number of carbonyl (C=O) groups excluding carboxylic acids is 1. The van der Waals surface area contributed by atoms with Crippen molar-refractivity contribution in [3.05, 3.63) is 35.4 Å². The third-order valence-corrected chi connectivity index (χ3v) is 3.81. The van der Waals surface area contributed by atoms with E-state index >= 15 is 0 Å². The maximum atomic E-state index is 11.4. The fourth-order valence-corrected chi connectivity index (χ4v) is 2.52. The zero-order chi connectivity index (χ0) is 15.1. The van der Waals surface area contributed by atoms with Gasteiger partial charge in [0.15, 0.2) is 0 Å². The molecule has 0 radical (unpaired) electrons. The summed E-state index contributed by atoms with van der Waals surface area (Å²) in [6.45, 7) is 3.76. The van der Waals surface area contributed by atoms with Crippen molar-refractivity contribution in [2.45, 2.75) is 32.0 Å². The number of nitrogens with one attached hydrogen (secondary N) is 2. The van der Waals surface area contributed by atoms with Crippen LogP contribution in [-0.2, 0) is 17.9 Å². The molecule has 0 spiro atoms. The highest BCUT2D eigenvalue weighted by atomic mass is 35.5. The third kappa shape index (κ3) is 6.32. The highest BCUT2D eigenvalue weighted by Gasteiger charge is 2.16. The standard InChI is InChI=1S/C16H25N3O2.ClH/c1-17-11-16(21)18-10-13-2-4-14(5-3-13)12-19-8-6-15(20)7-9-19;/h2-5,15,17,20H,6-12H2,1H3,(H,18,21);1H. The maximum Gasteiger partial charge on any atom is 0.234 e. The molecule has 1 aliphatic rings. The first kappa shape index (κ1) is 18.9. The van der Waals surface area contributed by atoms with Gasteiger partial charge in [-0.1, -0.05) is 24.3 Å². The second-order valence-corrected chi connectivity index (χ2v) is 5.63. The number of hydrogen-bond donors (Lipinski definition) is 3. The Bertz CT molecular complexity index is 445. The molecule has 0 aromatic heterocycles. The number of benzene rings is 1. The molecule has 0 unspecified atom stereocenters. The fourth-order valence-electron chi connectivity index (χ4n) is 2.52. The molecule has 124 valence electrons. The smallest absolute Gasteiger partial charge is 0.234 e. The summed E-state index contributed by atoms with van der Waals surface area (Å²) in [5.74, 6) is 0.00782. The summed E-state index contributed by atoms with van der Waals surface area (Å²) in [4.78, 5) is 13.7. The topological polar surface area (TPSA) is 64.6 Å². The average Bonchev–Trinajstić information content (AvgIpc) is 2.49. The van der Waals surface area contributed by atoms with Gasteiger partial charge in [-0.3, -0.25) is 9.69 Å². The second-order valence-electron chi connectivity index (χ2n) is 5.63. The summed E-state index contributed by atoms with van der Waals surface area (Å²) in [6, 6.07) is 8.36. The molecular weight excluding hydrogens is 302 g/mol. The van der Waals surface area contributed by atoms with Crippen LogP contribution < -0.4 is 10.6 Å². The molecule has 1 saturated heterocycles. The van der Waals surface area contributed by atoms with Gasteiger partial charge in [0.1, 0.15) is 0 Å². The number of nitrogens with zero attached hydrogens (tertiary/aromatic N) is 1. The number of aliphatic hydroxyl groups excluding tert-OH is 1. The Morgan fingerprint density at radius 2 is 1.82 bits per heavy atom. The third-order valence-electron chi connectivity index (χ3n) is 3.81. The first-order valence-electron chi connectivity index (χ1n) is 7.57.